The van der Waals surface area contributed by atoms with Gasteiger partial charge in [-0.2, -0.15) is 0 Å². The van der Waals surface area contributed by atoms with Gasteiger partial charge >= 0.3 is 0 Å². The summed E-state index contributed by atoms with van der Waals surface area (Å²) in [5.74, 6) is -6.43. The van der Waals surface area contributed by atoms with Gasteiger partial charge in [-0.15, -0.1) is 0 Å². The summed E-state index contributed by atoms with van der Waals surface area (Å²) in [5.41, 5.74) is -0.852. The number of ketones is 1. The highest BCUT2D eigenvalue weighted by atomic mass is 35.5. The molecule has 0 unspecified atom stereocenters. The number of rotatable bonds is 5. The second kappa shape index (κ2) is 7.52. The number of nitro groups is 1. The topological polar surface area (TPSA) is 89.3 Å². The molecule has 2 aromatic rings. The molecule has 0 aliphatic carbocycles. The first-order chi connectivity index (χ1) is 12.1. The summed E-state index contributed by atoms with van der Waals surface area (Å²) in [6.07, 6.45) is 0. The zero-order valence-corrected chi connectivity index (χ0v) is 13.9. The fourth-order valence-electron chi connectivity index (χ4n) is 2.14. The molecule has 2 aromatic carbocycles. The zero-order chi connectivity index (χ0) is 19.6. The first kappa shape index (κ1) is 19.4. The molecule has 2 rings (SSSR count). The molecule has 26 heavy (non-hydrogen) atoms. The molecule has 0 heterocycles. The monoisotopic (exact) mass is 386 g/mol. The minimum atomic E-state index is -1.68. The number of hydrogen-bond acceptors (Lipinski definition) is 4. The number of nitrogens with zero attached hydrogens (tertiary/aromatic N) is 1. The SMILES string of the molecule is Cc1c(C(=O)Nc2ccc(C(=O)C[N+](=O)[O-])c(Cl)c2)cc(F)c(F)c1F. The second-order valence-electron chi connectivity index (χ2n) is 5.22. The summed E-state index contributed by atoms with van der Waals surface area (Å²) in [6.45, 7) is 0.165. The Morgan fingerprint density at radius 1 is 1.15 bits per heavy atom. The van der Waals surface area contributed by atoms with E-state index in [1.54, 1.807) is 0 Å². The molecule has 0 fully saturated rings. The van der Waals surface area contributed by atoms with Crippen molar-refractivity contribution in [3.8, 4) is 0 Å². The smallest absolute Gasteiger partial charge is 0.265 e. The molecular weight excluding hydrogens is 377 g/mol. The first-order valence-electron chi connectivity index (χ1n) is 7.01. The van der Waals surface area contributed by atoms with Crippen molar-refractivity contribution < 1.29 is 27.7 Å². The van der Waals surface area contributed by atoms with E-state index in [2.05, 4.69) is 5.32 Å². The molecule has 10 heteroatoms. The van der Waals surface area contributed by atoms with E-state index in [1.807, 2.05) is 0 Å². The fourth-order valence-corrected chi connectivity index (χ4v) is 2.43. The Hall–Kier alpha value is -2.94. The summed E-state index contributed by atoms with van der Waals surface area (Å²) >= 11 is 5.88. The van der Waals surface area contributed by atoms with Crippen LogP contribution in [0.15, 0.2) is 24.3 Å². The fraction of sp³-hybridized carbons (Fsp3) is 0.125. The van der Waals surface area contributed by atoms with Gasteiger partial charge in [0.2, 0.25) is 5.78 Å². The van der Waals surface area contributed by atoms with Crippen molar-refractivity contribution >= 4 is 29.0 Å². The van der Waals surface area contributed by atoms with Gasteiger partial charge in [0.1, 0.15) is 0 Å². The van der Waals surface area contributed by atoms with Gasteiger partial charge in [-0.3, -0.25) is 19.7 Å². The molecule has 0 aliphatic rings. The molecule has 136 valence electrons. The van der Waals surface area contributed by atoms with Gasteiger partial charge < -0.3 is 5.32 Å². The molecule has 1 amide bonds. The van der Waals surface area contributed by atoms with Crippen molar-refractivity contribution in [1.29, 1.82) is 0 Å². The van der Waals surface area contributed by atoms with Crippen LogP contribution in [0.4, 0.5) is 18.9 Å². The number of nitrogens with one attached hydrogen (secondary N) is 1. The Bertz CT molecular complexity index is 934. The number of carbonyl (C=O) groups excluding carboxylic acids is 2. The van der Waals surface area contributed by atoms with Crippen molar-refractivity contribution in [3.63, 3.8) is 0 Å². The lowest BCUT2D eigenvalue weighted by Crippen LogP contribution is -2.16. The van der Waals surface area contributed by atoms with Crippen molar-refractivity contribution in [2.45, 2.75) is 6.92 Å². The second-order valence-corrected chi connectivity index (χ2v) is 5.63. The van der Waals surface area contributed by atoms with Crippen molar-refractivity contribution in [2.24, 2.45) is 0 Å². The Kier molecular flexibility index (Phi) is 5.61. The molecular formula is C16H10ClF3N2O4. The van der Waals surface area contributed by atoms with Crippen LogP contribution >= 0.6 is 11.6 Å². The van der Waals surface area contributed by atoms with E-state index in [9.17, 15) is 32.9 Å². The third kappa shape index (κ3) is 3.99. The van der Waals surface area contributed by atoms with E-state index in [4.69, 9.17) is 11.6 Å². The molecule has 0 radical (unpaired) electrons. The highest BCUT2D eigenvalue weighted by Gasteiger charge is 2.21. The molecule has 1 N–H and O–H groups in total. The van der Waals surface area contributed by atoms with Crippen molar-refractivity contribution in [2.75, 3.05) is 11.9 Å². The van der Waals surface area contributed by atoms with Gasteiger partial charge in [0, 0.05) is 27.3 Å². The van der Waals surface area contributed by atoms with E-state index < -0.39 is 46.2 Å². The molecule has 0 spiro atoms. The summed E-state index contributed by atoms with van der Waals surface area (Å²) < 4.78 is 40.0. The highest BCUT2D eigenvalue weighted by molar-refractivity contribution is 6.34. The molecule has 0 saturated heterocycles. The lowest BCUT2D eigenvalue weighted by molar-refractivity contribution is -0.465. The molecule has 0 saturated carbocycles. The quantitative estimate of drug-likeness (QED) is 0.366. The van der Waals surface area contributed by atoms with Gasteiger partial charge in [0.25, 0.3) is 12.5 Å². The molecule has 0 aliphatic heterocycles. The van der Waals surface area contributed by atoms with Crippen LogP contribution in [0.25, 0.3) is 0 Å². The van der Waals surface area contributed by atoms with Crippen LogP contribution in [-0.4, -0.2) is 23.2 Å². The number of benzene rings is 2. The zero-order valence-electron chi connectivity index (χ0n) is 13.1. The lowest BCUT2D eigenvalue weighted by Gasteiger charge is -2.10. The van der Waals surface area contributed by atoms with E-state index in [0.717, 1.165) is 13.0 Å². The molecule has 0 atom stereocenters. The standard InChI is InChI=1S/C16H10ClF3N2O4/c1-7-10(5-12(18)15(20)14(7)19)16(24)21-8-2-3-9(11(17)4-8)13(23)6-22(25)26/h2-5H,6H2,1H3,(H,21,24). The number of anilines is 1. The maximum absolute atomic E-state index is 13.6. The molecule has 6 nitrogen and oxygen atoms in total. The average Bonchev–Trinajstić information content (AvgIpc) is 2.55. The van der Waals surface area contributed by atoms with Crippen molar-refractivity contribution in [3.05, 3.63) is 73.5 Å². The first-order valence-corrected chi connectivity index (χ1v) is 7.39. The molecule has 0 aromatic heterocycles. The van der Waals surface area contributed by atoms with Gasteiger partial charge in [-0.05, 0) is 31.2 Å². The Morgan fingerprint density at radius 2 is 1.81 bits per heavy atom. The third-order valence-corrected chi connectivity index (χ3v) is 3.76. The summed E-state index contributed by atoms with van der Waals surface area (Å²) in [6, 6.07) is 4.11. The number of halogens is 4. The largest absolute Gasteiger partial charge is 0.322 e. The van der Waals surface area contributed by atoms with Crippen LogP contribution in [-0.2, 0) is 0 Å². The highest BCUT2D eigenvalue weighted by Crippen LogP contribution is 2.24. The van der Waals surface area contributed by atoms with Crippen LogP contribution in [0.5, 0.6) is 0 Å². The normalized spacial score (nSPS) is 10.5. The summed E-state index contributed by atoms with van der Waals surface area (Å²) in [7, 11) is 0. The third-order valence-electron chi connectivity index (χ3n) is 3.45. The molecule has 0 bridgehead atoms. The van der Waals surface area contributed by atoms with Gasteiger partial charge in [-0.1, -0.05) is 11.6 Å². The lowest BCUT2D eigenvalue weighted by atomic mass is 10.1. The Labute approximate surface area is 149 Å². The van der Waals surface area contributed by atoms with Crippen LogP contribution < -0.4 is 5.32 Å². The van der Waals surface area contributed by atoms with Gasteiger partial charge in [-0.25, -0.2) is 13.2 Å². The number of hydrogen-bond donors (Lipinski definition) is 1. The van der Waals surface area contributed by atoms with Crippen LogP contribution in [0.3, 0.4) is 0 Å². The van der Waals surface area contributed by atoms with Crippen molar-refractivity contribution in [1.82, 2.24) is 0 Å². The van der Waals surface area contributed by atoms with E-state index in [0.29, 0.717) is 6.07 Å². The number of carbonyl (C=O) groups is 2. The minimum Gasteiger partial charge on any atom is -0.322 e. The van der Waals surface area contributed by atoms with E-state index in [-0.39, 0.29) is 21.8 Å². The Morgan fingerprint density at radius 3 is 2.38 bits per heavy atom. The predicted molar refractivity (Wildman–Crippen MR) is 86.7 cm³/mol. The maximum Gasteiger partial charge on any atom is 0.265 e. The van der Waals surface area contributed by atoms with Crippen LogP contribution in [0.2, 0.25) is 5.02 Å². The maximum atomic E-state index is 13.6. The minimum absolute atomic E-state index is 0.0715. The predicted octanol–water partition coefficient (Wildman–Crippen LogP) is 3.78. The summed E-state index contributed by atoms with van der Waals surface area (Å²) in [4.78, 5) is 33.4. The van der Waals surface area contributed by atoms with Gasteiger partial charge in [0.05, 0.1) is 5.02 Å². The van der Waals surface area contributed by atoms with Gasteiger partial charge in [0.15, 0.2) is 17.5 Å². The van der Waals surface area contributed by atoms with Crippen LogP contribution in [0, 0.1) is 34.5 Å². The average molecular weight is 387 g/mol. The Balaban J connectivity index is 2.27. The van der Waals surface area contributed by atoms with E-state index >= 15 is 0 Å². The number of Topliss-reactive ketones (excluding diaryl/α,β-unsaturated/α-hetero) is 1. The van der Waals surface area contributed by atoms with Crippen LogP contribution in [0.1, 0.15) is 26.3 Å². The number of amides is 1. The summed E-state index contributed by atoms with van der Waals surface area (Å²) in [5, 5.41) is 12.5. The van der Waals surface area contributed by atoms with E-state index in [1.165, 1.54) is 12.1 Å².